The summed E-state index contributed by atoms with van der Waals surface area (Å²) >= 11 is 1.64. The topological polar surface area (TPSA) is 59.1 Å². The molecule has 4 heteroatoms. The molecule has 0 spiro atoms. The number of hydrogen-bond acceptors (Lipinski definition) is 3. The van der Waals surface area contributed by atoms with Crippen LogP contribution >= 0.6 is 11.3 Å². The lowest BCUT2D eigenvalue weighted by Gasteiger charge is -1.98. The first kappa shape index (κ1) is 8.23. The van der Waals surface area contributed by atoms with Crippen molar-refractivity contribution in [1.29, 1.82) is 5.41 Å². The van der Waals surface area contributed by atoms with E-state index in [1.807, 2.05) is 17.5 Å². The summed E-state index contributed by atoms with van der Waals surface area (Å²) < 4.78 is 5.10. The number of rotatable bonds is 4. The Bertz CT molecular complexity index is 220. The normalized spacial score (nSPS) is 9.82. The molecule has 3 nitrogen and oxygen atoms in total. The maximum atomic E-state index is 6.88. The number of ether oxygens (including phenoxy) is 1. The summed E-state index contributed by atoms with van der Waals surface area (Å²) in [5, 5.41) is 8.87. The predicted octanol–water partition coefficient (Wildman–Crippen LogP) is 1.20. The van der Waals surface area contributed by atoms with Gasteiger partial charge in [0, 0.05) is 4.88 Å². The van der Waals surface area contributed by atoms with E-state index in [9.17, 15) is 0 Å². The van der Waals surface area contributed by atoms with E-state index in [1.54, 1.807) is 11.3 Å². The minimum absolute atomic E-state index is 0.0709. The molecular weight excluding hydrogens is 160 g/mol. The molecule has 0 saturated heterocycles. The molecule has 0 aliphatic heterocycles. The molecule has 0 amide bonds. The number of hydrogen-bond donors (Lipinski definition) is 2. The average molecular weight is 170 g/mol. The zero-order chi connectivity index (χ0) is 8.10. The molecule has 0 unspecified atom stereocenters. The van der Waals surface area contributed by atoms with E-state index in [0.29, 0.717) is 6.61 Å². The molecule has 0 radical (unpaired) electrons. The first-order chi connectivity index (χ1) is 5.29. The van der Waals surface area contributed by atoms with E-state index in [1.165, 1.54) is 0 Å². The van der Waals surface area contributed by atoms with Crippen molar-refractivity contribution in [1.82, 2.24) is 0 Å². The van der Waals surface area contributed by atoms with Gasteiger partial charge >= 0.3 is 0 Å². The van der Waals surface area contributed by atoms with Crippen molar-refractivity contribution in [3.05, 3.63) is 22.4 Å². The van der Waals surface area contributed by atoms with Crippen molar-refractivity contribution in [2.75, 3.05) is 6.61 Å². The van der Waals surface area contributed by atoms with Crippen molar-refractivity contribution in [3.63, 3.8) is 0 Å². The summed E-state index contributed by atoms with van der Waals surface area (Å²) in [6.07, 6.45) is 0. The van der Waals surface area contributed by atoms with Crippen LogP contribution in [0.3, 0.4) is 0 Å². The highest BCUT2D eigenvalue weighted by Crippen LogP contribution is 2.08. The largest absolute Gasteiger partial charge is 0.386 e. The Kier molecular flexibility index (Phi) is 3.07. The number of nitrogens with two attached hydrogens (primary N) is 1. The number of amidine groups is 1. The van der Waals surface area contributed by atoms with Crippen molar-refractivity contribution >= 4 is 17.2 Å². The minimum Gasteiger partial charge on any atom is -0.386 e. The van der Waals surface area contributed by atoms with E-state index >= 15 is 0 Å². The Morgan fingerprint density at radius 3 is 3.09 bits per heavy atom. The van der Waals surface area contributed by atoms with Crippen molar-refractivity contribution in [3.8, 4) is 0 Å². The molecule has 0 atom stereocenters. The highest BCUT2D eigenvalue weighted by atomic mass is 32.1. The summed E-state index contributed by atoms with van der Waals surface area (Å²) in [4.78, 5) is 1.16. The van der Waals surface area contributed by atoms with Gasteiger partial charge in [-0.2, -0.15) is 0 Å². The minimum atomic E-state index is 0.0709. The second kappa shape index (κ2) is 4.10. The van der Waals surface area contributed by atoms with Crippen LogP contribution in [0.15, 0.2) is 17.5 Å². The third kappa shape index (κ3) is 3.15. The van der Waals surface area contributed by atoms with Gasteiger partial charge in [0.1, 0.15) is 12.4 Å². The second-order valence-electron chi connectivity index (χ2n) is 2.10. The van der Waals surface area contributed by atoms with Gasteiger partial charge in [-0.1, -0.05) is 6.07 Å². The summed E-state index contributed by atoms with van der Waals surface area (Å²) in [6, 6.07) is 3.96. The van der Waals surface area contributed by atoms with Crippen LogP contribution in [0, 0.1) is 5.41 Å². The van der Waals surface area contributed by atoms with E-state index < -0.39 is 0 Å². The molecule has 0 saturated carbocycles. The molecule has 11 heavy (non-hydrogen) atoms. The molecule has 60 valence electrons. The Morgan fingerprint density at radius 1 is 1.73 bits per heavy atom. The summed E-state index contributed by atoms with van der Waals surface area (Å²) in [5.41, 5.74) is 5.09. The molecule has 0 fully saturated rings. The first-order valence-electron chi connectivity index (χ1n) is 3.22. The zero-order valence-corrected chi connectivity index (χ0v) is 6.86. The van der Waals surface area contributed by atoms with Gasteiger partial charge in [-0.3, -0.25) is 5.41 Å². The highest BCUT2D eigenvalue weighted by molar-refractivity contribution is 7.09. The van der Waals surface area contributed by atoms with Crippen LogP contribution < -0.4 is 5.73 Å². The van der Waals surface area contributed by atoms with E-state index in [4.69, 9.17) is 15.9 Å². The van der Waals surface area contributed by atoms with Gasteiger partial charge in [-0.05, 0) is 11.4 Å². The maximum Gasteiger partial charge on any atom is 0.117 e. The Hall–Kier alpha value is -0.870. The molecule has 1 heterocycles. The lowest BCUT2D eigenvalue weighted by atomic mass is 10.5. The SMILES string of the molecule is N=C(N)COCc1cccs1. The van der Waals surface area contributed by atoms with Crippen molar-refractivity contribution in [2.24, 2.45) is 5.73 Å². The van der Waals surface area contributed by atoms with Crippen molar-refractivity contribution in [2.45, 2.75) is 6.61 Å². The zero-order valence-electron chi connectivity index (χ0n) is 6.04. The second-order valence-corrected chi connectivity index (χ2v) is 3.13. The van der Waals surface area contributed by atoms with Gasteiger partial charge in [0.25, 0.3) is 0 Å². The third-order valence-corrected chi connectivity index (χ3v) is 1.93. The number of nitrogens with one attached hydrogen (secondary N) is 1. The third-order valence-electron chi connectivity index (χ3n) is 1.08. The van der Waals surface area contributed by atoms with Gasteiger partial charge in [-0.15, -0.1) is 11.3 Å². The summed E-state index contributed by atoms with van der Waals surface area (Å²) in [6.45, 7) is 0.773. The van der Waals surface area contributed by atoms with Crippen LogP contribution in [-0.4, -0.2) is 12.4 Å². The molecule has 0 bridgehead atoms. The Balaban J connectivity index is 2.19. The quantitative estimate of drug-likeness (QED) is 0.527. The molecule has 0 aliphatic rings. The fourth-order valence-electron chi connectivity index (χ4n) is 0.656. The van der Waals surface area contributed by atoms with Crippen LogP contribution in [0.2, 0.25) is 0 Å². The maximum absolute atomic E-state index is 6.88. The fraction of sp³-hybridized carbons (Fsp3) is 0.286. The molecule has 0 aromatic carbocycles. The Morgan fingerprint density at radius 2 is 2.55 bits per heavy atom. The summed E-state index contributed by atoms with van der Waals surface area (Å²) in [7, 11) is 0. The van der Waals surface area contributed by atoms with Crippen LogP contribution in [0.1, 0.15) is 4.88 Å². The van der Waals surface area contributed by atoms with Gasteiger partial charge in [0.15, 0.2) is 0 Å². The monoisotopic (exact) mass is 170 g/mol. The highest BCUT2D eigenvalue weighted by Gasteiger charge is 1.93. The van der Waals surface area contributed by atoms with Crippen LogP contribution in [-0.2, 0) is 11.3 Å². The van der Waals surface area contributed by atoms with Crippen LogP contribution in [0.25, 0.3) is 0 Å². The molecule has 0 aliphatic carbocycles. The van der Waals surface area contributed by atoms with Gasteiger partial charge in [-0.25, -0.2) is 0 Å². The Labute approximate surface area is 69.3 Å². The molecular formula is C7H10N2OS. The predicted molar refractivity (Wildman–Crippen MR) is 45.9 cm³/mol. The van der Waals surface area contributed by atoms with Crippen LogP contribution in [0.4, 0.5) is 0 Å². The molecule has 1 rings (SSSR count). The average Bonchev–Trinajstić information content (AvgIpc) is 2.39. The van der Waals surface area contributed by atoms with Crippen molar-refractivity contribution < 1.29 is 4.74 Å². The molecule has 1 aromatic rings. The smallest absolute Gasteiger partial charge is 0.117 e. The van der Waals surface area contributed by atoms with E-state index in [2.05, 4.69) is 0 Å². The molecule has 3 N–H and O–H groups in total. The molecule has 1 aromatic heterocycles. The fourth-order valence-corrected chi connectivity index (χ4v) is 1.30. The van der Waals surface area contributed by atoms with Gasteiger partial charge in [0.05, 0.1) is 6.61 Å². The van der Waals surface area contributed by atoms with Gasteiger partial charge in [0.2, 0.25) is 0 Å². The number of thiophene rings is 1. The van der Waals surface area contributed by atoms with Gasteiger partial charge < -0.3 is 10.5 Å². The lowest BCUT2D eigenvalue weighted by molar-refractivity contribution is 0.159. The standard InChI is InChI=1S/C7H10N2OS/c8-7(9)5-10-4-6-2-1-3-11-6/h1-3H,4-5H2,(H3,8,9). The summed E-state index contributed by atoms with van der Waals surface area (Å²) in [5.74, 6) is 0.0709. The first-order valence-corrected chi connectivity index (χ1v) is 4.10. The van der Waals surface area contributed by atoms with Crippen LogP contribution in [0.5, 0.6) is 0 Å². The van der Waals surface area contributed by atoms with E-state index in [-0.39, 0.29) is 12.4 Å². The lowest BCUT2D eigenvalue weighted by Crippen LogP contribution is -2.16. The van der Waals surface area contributed by atoms with E-state index in [0.717, 1.165) is 4.88 Å².